The van der Waals surface area contributed by atoms with Crippen LogP contribution in [0.3, 0.4) is 0 Å². The second-order valence-corrected chi connectivity index (χ2v) is 9.04. The van der Waals surface area contributed by atoms with E-state index in [0.29, 0.717) is 21.1 Å². The smallest absolute Gasteiger partial charge is 0.291 e. The monoisotopic (exact) mass is 481 g/mol. The van der Waals surface area contributed by atoms with Crippen LogP contribution < -0.4 is 10.1 Å². The first-order valence-corrected chi connectivity index (χ1v) is 11.1. The van der Waals surface area contributed by atoms with Gasteiger partial charge in [-0.3, -0.25) is 4.79 Å². The Hall–Kier alpha value is -2.81. The molecule has 5 aromatic rings. The van der Waals surface area contributed by atoms with Gasteiger partial charge in [-0.05, 0) is 47.9 Å². The number of rotatable bonds is 4. The van der Waals surface area contributed by atoms with E-state index in [4.69, 9.17) is 4.42 Å². The van der Waals surface area contributed by atoms with Gasteiger partial charge < -0.3 is 4.42 Å². The molecule has 0 aliphatic rings. The van der Waals surface area contributed by atoms with Crippen LogP contribution in [0.1, 0.15) is 16.5 Å². The Morgan fingerprint density at radius 2 is 1.93 bits per heavy atom. The predicted octanol–water partition coefficient (Wildman–Crippen LogP) is 4.95. The average molecular weight is 482 g/mol. The number of fused-ring (bicyclic) bond motifs is 1. The zero-order valence-corrected chi connectivity index (χ0v) is 18.0. The number of aromatic nitrogens is 3. The minimum Gasteiger partial charge on any atom is -0.457 e. The van der Waals surface area contributed by atoms with Crippen molar-refractivity contribution < 1.29 is 4.42 Å². The van der Waals surface area contributed by atoms with Gasteiger partial charge in [0.05, 0.1) is 0 Å². The molecule has 4 aromatic heterocycles. The molecular formula is C21H12BrN3O2S2. The first-order chi connectivity index (χ1) is 14.2. The number of hydrogen-bond acceptors (Lipinski definition) is 6. The van der Waals surface area contributed by atoms with Crippen molar-refractivity contribution in [3.63, 3.8) is 0 Å². The van der Waals surface area contributed by atoms with Crippen LogP contribution in [0, 0.1) is 0 Å². The van der Waals surface area contributed by atoms with Crippen molar-refractivity contribution in [3.05, 3.63) is 89.7 Å². The molecule has 0 saturated heterocycles. The SMILES string of the molecule is O=c1/c(=C/c2ccc(-c3ccc(Br)cc3)o2)sc2nc(/C=C/c3cccs3)nn12. The fourth-order valence-corrected chi connectivity index (χ4v) is 4.57. The Balaban J connectivity index is 1.45. The van der Waals surface area contributed by atoms with Crippen molar-refractivity contribution in [3.8, 4) is 11.3 Å². The van der Waals surface area contributed by atoms with E-state index in [0.717, 1.165) is 20.7 Å². The van der Waals surface area contributed by atoms with Gasteiger partial charge in [-0.25, -0.2) is 0 Å². The van der Waals surface area contributed by atoms with E-state index in [9.17, 15) is 4.79 Å². The molecule has 0 bridgehead atoms. The highest BCUT2D eigenvalue weighted by molar-refractivity contribution is 9.10. The molecule has 0 N–H and O–H groups in total. The van der Waals surface area contributed by atoms with Crippen molar-refractivity contribution in [1.82, 2.24) is 14.6 Å². The predicted molar refractivity (Wildman–Crippen MR) is 121 cm³/mol. The van der Waals surface area contributed by atoms with Crippen molar-refractivity contribution in [1.29, 1.82) is 0 Å². The summed E-state index contributed by atoms with van der Waals surface area (Å²) in [5.74, 6) is 1.88. The van der Waals surface area contributed by atoms with Gasteiger partial charge in [0, 0.05) is 21.0 Å². The summed E-state index contributed by atoms with van der Waals surface area (Å²) in [6.45, 7) is 0. The topological polar surface area (TPSA) is 60.4 Å². The minimum atomic E-state index is -0.199. The molecular weight excluding hydrogens is 470 g/mol. The Morgan fingerprint density at radius 1 is 1.07 bits per heavy atom. The molecule has 142 valence electrons. The molecule has 0 aliphatic carbocycles. The standard InChI is InChI=1S/C21H12BrN3O2S2/c22-14-5-3-13(4-6-14)17-9-7-15(27-17)12-18-20(26)25-21(29-18)23-19(24-25)10-8-16-2-1-11-28-16/h1-12H/b10-8+,18-12-. The van der Waals surface area contributed by atoms with Crippen molar-refractivity contribution in [2.24, 2.45) is 0 Å². The molecule has 0 radical (unpaired) electrons. The lowest BCUT2D eigenvalue weighted by molar-refractivity contribution is 0.571. The van der Waals surface area contributed by atoms with E-state index in [-0.39, 0.29) is 5.56 Å². The molecule has 0 atom stereocenters. The first-order valence-electron chi connectivity index (χ1n) is 8.64. The van der Waals surface area contributed by atoms with Crippen LogP contribution in [0.4, 0.5) is 0 Å². The first kappa shape index (κ1) is 18.2. The molecule has 29 heavy (non-hydrogen) atoms. The molecule has 0 spiro atoms. The summed E-state index contributed by atoms with van der Waals surface area (Å²) in [5.41, 5.74) is 0.773. The van der Waals surface area contributed by atoms with Crippen LogP contribution in [0.2, 0.25) is 0 Å². The molecule has 5 nitrogen and oxygen atoms in total. The van der Waals surface area contributed by atoms with Crippen molar-refractivity contribution >= 4 is 61.8 Å². The second kappa shape index (κ2) is 7.55. The normalized spacial score (nSPS) is 12.5. The van der Waals surface area contributed by atoms with Crippen molar-refractivity contribution in [2.75, 3.05) is 0 Å². The minimum absolute atomic E-state index is 0.199. The van der Waals surface area contributed by atoms with Crippen LogP contribution in [0.5, 0.6) is 0 Å². The zero-order valence-electron chi connectivity index (χ0n) is 14.8. The van der Waals surface area contributed by atoms with Crippen LogP contribution in [-0.4, -0.2) is 14.6 Å². The van der Waals surface area contributed by atoms with E-state index in [1.807, 2.05) is 66.1 Å². The van der Waals surface area contributed by atoms with Gasteiger partial charge in [0.25, 0.3) is 5.56 Å². The lowest BCUT2D eigenvalue weighted by Gasteiger charge is -1.96. The number of halogens is 1. The Bertz CT molecular complexity index is 1430. The largest absolute Gasteiger partial charge is 0.457 e. The third-order valence-electron chi connectivity index (χ3n) is 4.17. The lowest BCUT2D eigenvalue weighted by atomic mass is 10.2. The van der Waals surface area contributed by atoms with Gasteiger partial charge in [-0.15, -0.1) is 16.4 Å². The fourth-order valence-electron chi connectivity index (χ4n) is 2.79. The van der Waals surface area contributed by atoms with E-state index < -0.39 is 0 Å². The average Bonchev–Trinajstić information content (AvgIpc) is 3.49. The third kappa shape index (κ3) is 3.74. The van der Waals surface area contributed by atoms with Crippen LogP contribution in [0.25, 0.3) is 34.5 Å². The molecule has 5 rings (SSSR count). The van der Waals surface area contributed by atoms with Gasteiger partial charge in [0.15, 0.2) is 5.82 Å². The van der Waals surface area contributed by atoms with Gasteiger partial charge in [-0.1, -0.05) is 45.5 Å². The molecule has 1 aromatic carbocycles. The fraction of sp³-hybridized carbons (Fsp3) is 0. The summed E-state index contributed by atoms with van der Waals surface area (Å²) in [5, 5.41) is 6.31. The molecule has 8 heteroatoms. The molecule has 0 unspecified atom stereocenters. The van der Waals surface area contributed by atoms with Crippen LogP contribution in [0.15, 0.2) is 67.6 Å². The highest BCUT2D eigenvalue weighted by atomic mass is 79.9. The van der Waals surface area contributed by atoms with Gasteiger partial charge in [0.2, 0.25) is 4.96 Å². The maximum absolute atomic E-state index is 12.7. The van der Waals surface area contributed by atoms with Crippen LogP contribution >= 0.6 is 38.6 Å². The number of thiophene rings is 1. The number of hydrogen-bond donors (Lipinski definition) is 0. The number of thiazole rings is 1. The maximum Gasteiger partial charge on any atom is 0.291 e. The third-order valence-corrected chi connectivity index (χ3v) is 6.49. The highest BCUT2D eigenvalue weighted by Gasteiger charge is 2.10. The Kier molecular flexibility index (Phi) is 4.75. The summed E-state index contributed by atoms with van der Waals surface area (Å²) in [6.07, 6.45) is 5.48. The summed E-state index contributed by atoms with van der Waals surface area (Å²) in [6, 6.07) is 15.6. The maximum atomic E-state index is 12.7. The van der Waals surface area contributed by atoms with E-state index in [2.05, 4.69) is 26.0 Å². The number of nitrogens with zero attached hydrogens (tertiary/aromatic N) is 3. The molecule has 4 heterocycles. The molecule has 0 amide bonds. The highest BCUT2D eigenvalue weighted by Crippen LogP contribution is 2.24. The second-order valence-electron chi connectivity index (χ2n) is 6.14. The van der Waals surface area contributed by atoms with E-state index in [1.54, 1.807) is 17.4 Å². The lowest BCUT2D eigenvalue weighted by Crippen LogP contribution is -2.23. The van der Waals surface area contributed by atoms with E-state index in [1.165, 1.54) is 15.9 Å². The summed E-state index contributed by atoms with van der Waals surface area (Å²) >= 11 is 6.35. The summed E-state index contributed by atoms with van der Waals surface area (Å²) in [4.78, 5) is 18.8. The quantitative estimate of drug-likeness (QED) is 0.364. The molecule has 0 fully saturated rings. The van der Waals surface area contributed by atoms with E-state index >= 15 is 0 Å². The summed E-state index contributed by atoms with van der Waals surface area (Å²) < 4.78 is 8.76. The summed E-state index contributed by atoms with van der Waals surface area (Å²) in [7, 11) is 0. The van der Waals surface area contributed by atoms with Gasteiger partial charge in [-0.2, -0.15) is 9.50 Å². The van der Waals surface area contributed by atoms with Gasteiger partial charge >= 0.3 is 0 Å². The van der Waals surface area contributed by atoms with Crippen molar-refractivity contribution in [2.45, 2.75) is 0 Å². The van der Waals surface area contributed by atoms with Crippen LogP contribution in [-0.2, 0) is 0 Å². The Morgan fingerprint density at radius 3 is 2.69 bits per heavy atom. The number of furan rings is 1. The molecule has 0 saturated carbocycles. The zero-order chi connectivity index (χ0) is 19.8. The Labute approximate surface area is 181 Å². The number of benzene rings is 1. The molecule has 0 aliphatic heterocycles. The van der Waals surface area contributed by atoms with Gasteiger partial charge in [0.1, 0.15) is 16.1 Å².